The van der Waals surface area contributed by atoms with Gasteiger partial charge in [-0.05, 0) is 67.3 Å². The smallest absolute Gasteiger partial charge is 0.309 e. The minimum absolute atomic E-state index is 0.0430. The van der Waals surface area contributed by atoms with Gasteiger partial charge in [0.15, 0.2) is 5.78 Å². The molecule has 0 fully saturated rings. The summed E-state index contributed by atoms with van der Waals surface area (Å²) in [5.74, 6) is -0.794. The van der Waals surface area contributed by atoms with Gasteiger partial charge in [0.25, 0.3) is 0 Å². The number of carbonyl (C=O) groups is 2. The van der Waals surface area contributed by atoms with Gasteiger partial charge in [-0.2, -0.15) is 0 Å². The van der Waals surface area contributed by atoms with E-state index in [0.29, 0.717) is 29.2 Å². The average molecular weight is 658 g/mol. The molecule has 250 valence electrons. The van der Waals surface area contributed by atoms with E-state index in [0.717, 1.165) is 38.6 Å². The number of fused-ring (bicyclic) bond motifs is 2. The number of halogens is 1. The first-order chi connectivity index (χ1) is 23.3. The molecule has 0 spiro atoms. The van der Waals surface area contributed by atoms with Crippen molar-refractivity contribution in [1.29, 1.82) is 0 Å². The highest BCUT2D eigenvalue weighted by Crippen LogP contribution is 2.37. The number of carboxylic acids is 1. The van der Waals surface area contributed by atoms with Crippen molar-refractivity contribution in [2.75, 3.05) is 0 Å². The van der Waals surface area contributed by atoms with Crippen LogP contribution in [-0.2, 0) is 24.4 Å². The van der Waals surface area contributed by atoms with Gasteiger partial charge in [-0.25, -0.2) is 9.37 Å². The number of carbonyl (C=O) groups excluding carboxylic acids is 1. The summed E-state index contributed by atoms with van der Waals surface area (Å²) in [6.45, 7) is 10.1. The Morgan fingerprint density at radius 3 is 2.35 bits per heavy atom. The molecular weight excluding hydrogens is 617 g/mol. The quantitative estimate of drug-likeness (QED) is 0.140. The molecule has 3 aromatic heterocycles. The van der Waals surface area contributed by atoms with Crippen molar-refractivity contribution in [2.24, 2.45) is 10.8 Å². The lowest BCUT2D eigenvalue weighted by Crippen LogP contribution is -2.28. The van der Waals surface area contributed by atoms with E-state index in [1.165, 1.54) is 12.3 Å². The fraction of sp³-hybridized carbons (Fsp3) is 0.268. The molecule has 0 saturated heterocycles. The van der Waals surface area contributed by atoms with Crippen LogP contribution in [0.2, 0.25) is 0 Å². The molecule has 0 aliphatic heterocycles. The highest BCUT2D eigenvalue weighted by Gasteiger charge is 2.34. The van der Waals surface area contributed by atoms with Gasteiger partial charge in [0.1, 0.15) is 18.2 Å². The molecule has 0 bridgehead atoms. The van der Waals surface area contributed by atoms with Crippen LogP contribution in [0.1, 0.15) is 68.3 Å². The number of benzene rings is 3. The summed E-state index contributed by atoms with van der Waals surface area (Å²) in [6, 6.07) is 28.4. The second-order valence-electron chi connectivity index (χ2n) is 14.5. The van der Waals surface area contributed by atoms with Gasteiger partial charge in [-0.15, -0.1) is 0 Å². The number of aliphatic carboxylic acids is 1. The number of rotatable bonds is 11. The monoisotopic (exact) mass is 657 g/mol. The van der Waals surface area contributed by atoms with E-state index < -0.39 is 17.2 Å². The van der Waals surface area contributed by atoms with Crippen molar-refractivity contribution >= 4 is 33.6 Å². The second-order valence-corrected chi connectivity index (χ2v) is 14.5. The third kappa shape index (κ3) is 7.54. The van der Waals surface area contributed by atoms with E-state index in [1.807, 2.05) is 99.6 Å². The highest BCUT2D eigenvalue weighted by atomic mass is 19.1. The Balaban J connectivity index is 1.43. The van der Waals surface area contributed by atoms with Crippen molar-refractivity contribution in [3.8, 4) is 17.0 Å². The van der Waals surface area contributed by atoms with Gasteiger partial charge >= 0.3 is 5.97 Å². The zero-order valence-corrected chi connectivity index (χ0v) is 28.5. The first-order valence-electron chi connectivity index (χ1n) is 16.4. The Morgan fingerprint density at radius 2 is 1.65 bits per heavy atom. The fourth-order valence-electron chi connectivity index (χ4n) is 6.07. The average Bonchev–Trinajstić information content (AvgIpc) is 3.34. The molecule has 6 aromatic rings. The lowest BCUT2D eigenvalue weighted by atomic mass is 9.83. The molecule has 1 N–H and O–H groups in total. The molecule has 0 aliphatic rings. The Bertz CT molecular complexity index is 2160. The van der Waals surface area contributed by atoms with Crippen molar-refractivity contribution in [3.63, 3.8) is 0 Å². The maximum absolute atomic E-state index is 14.2. The molecule has 0 saturated carbocycles. The predicted molar refractivity (Wildman–Crippen MR) is 190 cm³/mol. The summed E-state index contributed by atoms with van der Waals surface area (Å²) in [4.78, 5) is 35.6. The van der Waals surface area contributed by atoms with Crippen molar-refractivity contribution in [1.82, 2.24) is 14.5 Å². The van der Waals surface area contributed by atoms with Gasteiger partial charge in [-0.3, -0.25) is 14.6 Å². The lowest BCUT2D eigenvalue weighted by Gasteiger charge is -2.23. The summed E-state index contributed by atoms with van der Waals surface area (Å²) >= 11 is 0. The fourth-order valence-corrected chi connectivity index (χ4v) is 6.07. The molecule has 3 heterocycles. The predicted octanol–water partition coefficient (Wildman–Crippen LogP) is 9.29. The topological polar surface area (TPSA) is 94.3 Å². The maximum Gasteiger partial charge on any atom is 0.309 e. The van der Waals surface area contributed by atoms with Crippen LogP contribution < -0.4 is 4.74 Å². The van der Waals surface area contributed by atoms with Gasteiger partial charge in [0, 0.05) is 52.5 Å². The number of para-hydroxylation sites is 1. The molecule has 0 amide bonds. The van der Waals surface area contributed by atoms with Crippen LogP contribution >= 0.6 is 0 Å². The van der Waals surface area contributed by atoms with Crippen LogP contribution in [-0.4, -0.2) is 31.4 Å². The van der Waals surface area contributed by atoms with Gasteiger partial charge in [0.2, 0.25) is 0 Å². The van der Waals surface area contributed by atoms with E-state index in [4.69, 9.17) is 9.72 Å². The first kappa shape index (κ1) is 33.5. The third-order valence-electron chi connectivity index (χ3n) is 8.66. The van der Waals surface area contributed by atoms with Crippen LogP contribution in [0.15, 0.2) is 97.2 Å². The van der Waals surface area contributed by atoms with Gasteiger partial charge in [-0.1, -0.05) is 69.3 Å². The summed E-state index contributed by atoms with van der Waals surface area (Å²) in [6.07, 6.45) is 1.63. The van der Waals surface area contributed by atoms with E-state index in [9.17, 15) is 19.1 Å². The normalized spacial score (nSPS) is 12.0. The lowest BCUT2D eigenvalue weighted by molar-refractivity contribution is -0.146. The van der Waals surface area contributed by atoms with Crippen LogP contribution in [0.3, 0.4) is 0 Å². The standard InChI is InChI=1S/C41H40FN3O4/c1-40(2,3)22-37(46)38-32-20-31(49-25-30-16-14-27-8-6-7-9-34(27)44-30)17-19-35(32)45(36(38)21-41(4,5)39(47)48)24-26-10-12-28(13-11-26)33-18-15-29(42)23-43-33/h6-20,23H,21-22,24-25H2,1-5H3,(H,47,48). The number of hydrogen-bond donors (Lipinski definition) is 1. The van der Waals surface area contributed by atoms with Gasteiger partial charge in [0.05, 0.1) is 28.5 Å². The first-order valence-corrected chi connectivity index (χ1v) is 16.4. The number of pyridine rings is 2. The minimum Gasteiger partial charge on any atom is -0.487 e. The van der Waals surface area contributed by atoms with E-state index in [1.54, 1.807) is 19.9 Å². The van der Waals surface area contributed by atoms with E-state index >= 15 is 0 Å². The molecule has 0 unspecified atom stereocenters. The second kappa shape index (κ2) is 13.3. The van der Waals surface area contributed by atoms with Crippen LogP contribution in [0, 0.1) is 16.6 Å². The maximum atomic E-state index is 14.2. The van der Waals surface area contributed by atoms with Crippen LogP contribution in [0.4, 0.5) is 4.39 Å². The SMILES string of the molecule is CC(C)(C)CC(=O)c1c(CC(C)(C)C(=O)O)n(Cc2ccc(-c3ccc(F)cn3)cc2)c2ccc(OCc3ccc4ccccc4n3)cc12. The number of nitrogens with zero attached hydrogens (tertiary/aromatic N) is 3. The Kier molecular flexibility index (Phi) is 9.08. The zero-order chi connectivity index (χ0) is 34.9. The zero-order valence-electron chi connectivity index (χ0n) is 28.5. The summed E-state index contributed by atoms with van der Waals surface area (Å²) in [5, 5.41) is 11.9. The largest absolute Gasteiger partial charge is 0.487 e. The van der Waals surface area contributed by atoms with E-state index in [2.05, 4.69) is 9.55 Å². The Labute approximate surface area is 285 Å². The van der Waals surface area contributed by atoms with Crippen LogP contribution in [0.25, 0.3) is 33.1 Å². The minimum atomic E-state index is -1.14. The molecule has 3 aromatic carbocycles. The number of carboxylic acid groups (broad SMARTS) is 1. The third-order valence-corrected chi connectivity index (χ3v) is 8.66. The molecule has 8 heteroatoms. The number of aromatic nitrogens is 3. The van der Waals surface area contributed by atoms with E-state index in [-0.39, 0.29) is 30.6 Å². The van der Waals surface area contributed by atoms with Gasteiger partial charge < -0.3 is 14.4 Å². The molecule has 0 radical (unpaired) electrons. The molecule has 7 nitrogen and oxygen atoms in total. The molecule has 49 heavy (non-hydrogen) atoms. The summed E-state index contributed by atoms with van der Waals surface area (Å²) in [7, 11) is 0. The molecular formula is C41H40FN3O4. The van der Waals surface area contributed by atoms with Crippen LogP contribution in [0.5, 0.6) is 5.75 Å². The summed E-state index contributed by atoms with van der Waals surface area (Å²) in [5.41, 5.74) is 4.72. The number of hydrogen-bond acceptors (Lipinski definition) is 5. The molecule has 0 aliphatic carbocycles. The Morgan fingerprint density at radius 1 is 0.898 bits per heavy atom. The van der Waals surface area contributed by atoms with Crippen molar-refractivity contribution in [2.45, 2.75) is 60.6 Å². The Hall–Kier alpha value is -5.37. The number of ketones is 1. The van der Waals surface area contributed by atoms with Crippen molar-refractivity contribution < 1.29 is 23.8 Å². The summed E-state index contributed by atoms with van der Waals surface area (Å²) < 4.78 is 21.8. The number of Topliss-reactive ketones (excluding diaryl/α,β-unsaturated/α-hetero) is 1. The molecule has 6 rings (SSSR count). The highest BCUT2D eigenvalue weighted by molar-refractivity contribution is 6.10. The molecule has 0 atom stereocenters. The number of ether oxygens (including phenoxy) is 1. The van der Waals surface area contributed by atoms with Crippen molar-refractivity contribution in [3.05, 3.63) is 126 Å².